The number of aryl methyl sites for hydroxylation is 1. The summed E-state index contributed by atoms with van der Waals surface area (Å²) in [6.45, 7) is 9.10. The topological polar surface area (TPSA) is 84.8 Å². The van der Waals surface area contributed by atoms with Crippen molar-refractivity contribution in [2.45, 2.75) is 32.5 Å². The number of thioether (sulfide) groups is 1. The number of thiophene rings is 1. The molecule has 0 aliphatic heterocycles. The molecule has 0 radical (unpaired) electrons. The average molecular weight is 478 g/mol. The zero-order valence-electron chi connectivity index (χ0n) is 18.6. The molecule has 0 saturated carbocycles. The number of hydrogen-bond acceptors (Lipinski definition) is 6. The van der Waals surface area contributed by atoms with Gasteiger partial charge in [0.25, 0.3) is 5.56 Å². The number of rotatable bonds is 8. The minimum atomic E-state index is -0.150. The Labute approximate surface area is 199 Å². The van der Waals surface area contributed by atoms with Crippen molar-refractivity contribution in [3.05, 3.63) is 81.9 Å². The van der Waals surface area contributed by atoms with E-state index in [9.17, 15) is 14.4 Å². The summed E-state index contributed by atoms with van der Waals surface area (Å²) in [5, 5.41) is 0.464. The lowest BCUT2D eigenvalue weighted by Gasteiger charge is -2.09. The third-order valence-electron chi connectivity index (χ3n) is 5.37. The van der Waals surface area contributed by atoms with Crippen LogP contribution >= 0.6 is 23.1 Å². The first-order chi connectivity index (χ1) is 15.8. The number of carbonyl (C=O) groups excluding carboxylic acids is 2. The zero-order valence-corrected chi connectivity index (χ0v) is 20.2. The van der Waals surface area contributed by atoms with Gasteiger partial charge in [-0.15, -0.1) is 17.9 Å². The second-order valence-corrected chi connectivity index (χ2v) is 9.68. The largest absolute Gasteiger partial charge is 0.355 e. The molecule has 6 nitrogen and oxygen atoms in total. The molecule has 4 aromatic rings. The van der Waals surface area contributed by atoms with Crippen molar-refractivity contribution in [3.63, 3.8) is 0 Å². The van der Waals surface area contributed by atoms with E-state index < -0.39 is 0 Å². The number of benzene rings is 1. The molecule has 1 N–H and O–H groups in total. The van der Waals surface area contributed by atoms with Crippen molar-refractivity contribution in [1.29, 1.82) is 0 Å². The summed E-state index contributed by atoms with van der Waals surface area (Å²) in [4.78, 5) is 46.8. The highest BCUT2D eigenvalue weighted by Gasteiger charge is 2.21. The summed E-state index contributed by atoms with van der Waals surface area (Å²) in [5.74, 6) is -0.141. The first-order valence-electron chi connectivity index (χ1n) is 10.4. The van der Waals surface area contributed by atoms with E-state index in [0.717, 1.165) is 10.4 Å². The van der Waals surface area contributed by atoms with Crippen molar-refractivity contribution in [1.82, 2.24) is 14.5 Å². The molecule has 0 spiro atoms. The molecule has 33 heavy (non-hydrogen) atoms. The molecule has 4 rings (SSSR count). The van der Waals surface area contributed by atoms with Gasteiger partial charge in [0.1, 0.15) is 4.70 Å². The third-order valence-corrected chi connectivity index (χ3v) is 7.51. The van der Waals surface area contributed by atoms with Gasteiger partial charge in [-0.3, -0.25) is 19.0 Å². The smallest absolute Gasteiger partial charge is 0.272 e. The second kappa shape index (κ2) is 9.33. The van der Waals surface area contributed by atoms with E-state index in [0.29, 0.717) is 44.4 Å². The van der Waals surface area contributed by atoms with Crippen molar-refractivity contribution in [2.24, 2.45) is 0 Å². The number of allylic oxidation sites excluding steroid dienone is 1. The number of nitrogens with zero attached hydrogens (tertiary/aromatic N) is 2. The molecule has 0 aliphatic carbocycles. The number of nitrogens with one attached hydrogen (secondary N) is 1. The van der Waals surface area contributed by atoms with Gasteiger partial charge in [-0.05, 0) is 38.0 Å². The van der Waals surface area contributed by atoms with E-state index >= 15 is 0 Å². The molecule has 0 saturated heterocycles. The Morgan fingerprint density at radius 1 is 1.24 bits per heavy atom. The molecule has 0 amide bonds. The maximum atomic E-state index is 13.2. The van der Waals surface area contributed by atoms with Crippen LogP contribution in [0, 0.1) is 13.8 Å². The van der Waals surface area contributed by atoms with E-state index in [2.05, 4.69) is 11.6 Å². The number of aromatic nitrogens is 3. The molecule has 8 heteroatoms. The standard InChI is InChI=1S/C25H23N3O3S2/c1-5-11-28-24(31)23-18(12-20(33-23)17-9-7-6-8-10-17)27-25(28)32-13-19(30)22-14(2)21(16(4)29)15(3)26-22/h5-10,12,26H,1,11,13H2,2-4H3. The van der Waals surface area contributed by atoms with Crippen molar-refractivity contribution < 1.29 is 9.59 Å². The lowest BCUT2D eigenvalue weighted by atomic mass is 10.1. The Morgan fingerprint density at radius 3 is 2.61 bits per heavy atom. The predicted molar refractivity (Wildman–Crippen MR) is 135 cm³/mol. The summed E-state index contributed by atoms with van der Waals surface area (Å²) < 4.78 is 2.13. The van der Waals surface area contributed by atoms with Gasteiger partial charge in [0.2, 0.25) is 0 Å². The first kappa shape index (κ1) is 22.9. The van der Waals surface area contributed by atoms with Crippen LogP contribution in [0.1, 0.15) is 39.0 Å². The fourth-order valence-electron chi connectivity index (χ4n) is 3.89. The first-order valence-corrected chi connectivity index (χ1v) is 12.2. The minimum Gasteiger partial charge on any atom is -0.355 e. The molecule has 1 aromatic carbocycles. The highest BCUT2D eigenvalue weighted by Crippen LogP contribution is 2.32. The van der Waals surface area contributed by atoms with Crippen LogP contribution in [0.4, 0.5) is 0 Å². The summed E-state index contributed by atoms with van der Waals surface area (Å²) in [6, 6.07) is 11.8. The maximum Gasteiger partial charge on any atom is 0.272 e. The zero-order chi connectivity index (χ0) is 23.7. The number of ketones is 2. The Balaban J connectivity index is 1.68. The van der Waals surface area contributed by atoms with E-state index in [4.69, 9.17) is 4.98 Å². The average Bonchev–Trinajstić information content (AvgIpc) is 3.35. The van der Waals surface area contributed by atoms with E-state index in [1.807, 2.05) is 36.4 Å². The Bertz CT molecular complexity index is 1450. The van der Waals surface area contributed by atoms with Crippen molar-refractivity contribution >= 4 is 44.9 Å². The molecule has 3 aromatic heterocycles. The Kier molecular flexibility index (Phi) is 6.49. The van der Waals surface area contributed by atoms with Gasteiger partial charge in [-0.1, -0.05) is 48.2 Å². The van der Waals surface area contributed by atoms with Crippen LogP contribution in [0.3, 0.4) is 0 Å². The molecule has 168 valence electrons. The van der Waals surface area contributed by atoms with Crippen molar-refractivity contribution in [3.8, 4) is 10.4 Å². The molecule has 0 aliphatic rings. The molecular weight excluding hydrogens is 454 g/mol. The van der Waals surface area contributed by atoms with Crippen LogP contribution in [0.5, 0.6) is 0 Å². The van der Waals surface area contributed by atoms with Gasteiger partial charge in [0, 0.05) is 22.7 Å². The lowest BCUT2D eigenvalue weighted by Crippen LogP contribution is -2.22. The number of hydrogen-bond donors (Lipinski definition) is 1. The van der Waals surface area contributed by atoms with Gasteiger partial charge < -0.3 is 4.98 Å². The van der Waals surface area contributed by atoms with Gasteiger partial charge in [0.15, 0.2) is 16.7 Å². The fourth-order valence-corrected chi connectivity index (χ4v) is 5.83. The number of fused-ring (bicyclic) bond motifs is 1. The minimum absolute atomic E-state index is 0.0772. The van der Waals surface area contributed by atoms with Crippen LogP contribution in [-0.2, 0) is 6.54 Å². The van der Waals surface area contributed by atoms with Crippen LogP contribution in [-0.4, -0.2) is 31.9 Å². The summed E-state index contributed by atoms with van der Waals surface area (Å²) in [5.41, 5.74) is 3.81. The summed E-state index contributed by atoms with van der Waals surface area (Å²) in [6.07, 6.45) is 1.64. The number of carbonyl (C=O) groups is 2. The Hall–Kier alpha value is -3.23. The fraction of sp³-hybridized carbons (Fsp3) is 0.200. The molecule has 0 bridgehead atoms. The van der Waals surface area contributed by atoms with Crippen LogP contribution < -0.4 is 5.56 Å². The van der Waals surface area contributed by atoms with Crippen LogP contribution in [0.15, 0.2) is 59.0 Å². The van der Waals surface area contributed by atoms with Gasteiger partial charge >= 0.3 is 0 Å². The summed E-state index contributed by atoms with van der Waals surface area (Å²) in [7, 11) is 0. The monoisotopic (exact) mass is 477 g/mol. The summed E-state index contributed by atoms with van der Waals surface area (Å²) >= 11 is 2.62. The van der Waals surface area contributed by atoms with Gasteiger partial charge in [-0.25, -0.2) is 4.98 Å². The highest BCUT2D eigenvalue weighted by molar-refractivity contribution is 7.99. The second-order valence-electron chi connectivity index (χ2n) is 7.68. The SMILES string of the molecule is C=CCn1c(SCC(=O)c2[nH]c(C)c(C(C)=O)c2C)nc2cc(-c3ccccc3)sc2c1=O. The highest BCUT2D eigenvalue weighted by atomic mass is 32.2. The predicted octanol–water partition coefficient (Wildman–Crippen LogP) is 5.43. The van der Waals surface area contributed by atoms with E-state index in [1.165, 1.54) is 30.0 Å². The lowest BCUT2D eigenvalue weighted by molar-refractivity contribution is 0.101. The Morgan fingerprint density at radius 2 is 1.97 bits per heavy atom. The van der Waals surface area contributed by atoms with Crippen LogP contribution in [0.25, 0.3) is 20.7 Å². The van der Waals surface area contributed by atoms with E-state index in [-0.39, 0.29) is 22.9 Å². The van der Waals surface area contributed by atoms with Gasteiger partial charge in [-0.2, -0.15) is 0 Å². The molecule has 0 unspecified atom stereocenters. The number of aromatic amines is 1. The molecule has 0 fully saturated rings. The maximum absolute atomic E-state index is 13.2. The van der Waals surface area contributed by atoms with Gasteiger partial charge in [0.05, 0.1) is 17.0 Å². The van der Waals surface area contributed by atoms with Crippen LogP contribution in [0.2, 0.25) is 0 Å². The number of Topliss-reactive ketones (excluding diaryl/α,β-unsaturated/α-hetero) is 2. The molecular formula is C25H23N3O3S2. The normalized spacial score (nSPS) is 11.1. The van der Waals surface area contributed by atoms with Crippen molar-refractivity contribution in [2.75, 3.05) is 5.75 Å². The molecule has 0 atom stereocenters. The third kappa shape index (κ3) is 4.36. The quantitative estimate of drug-likeness (QED) is 0.158. The number of H-pyrrole nitrogens is 1. The van der Waals surface area contributed by atoms with E-state index in [1.54, 1.807) is 24.5 Å². The molecule has 3 heterocycles.